The number of halogens is 3. The van der Waals surface area contributed by atoms with E-state index in [0.717, 1.165) is 40.2 Å². The molecule has 33 heavy (non-hydrogen) atoms. The number of fused-ring (bicyclic) bond motifs is 1. The predicted octanol–water partition coefficient (Wildman–Crippen LogP) is 6.13. The van der Waals surface area contributed by atoms with Crippen molar-refractivity contribution in [3.05, 3.63) is 96.2 Å². The highest BCUT2D eigenvalue weighted by Crippen LogP contribution is 2.33. The molecule has 8 heteroatoms. The zero-order valence-electron chi connectivity index (χ0n) is 17.9. The van der Waals surface area contributed by atoms with Crippen molar-refractivity contribution in [3.63, 3.8) is 0 Å². The van der Waals surface area contributed by atoms with Gasteiger partial charge in [-0.2, -0.15) is 13.2 Å². The van der Waals surface area contributed by atoms with Crippen LogP contribution in [-0.2, 0) is 21.7 Å². The molecule has 0 radical (unpaired) electrons. The molecule has 4 rings (SSSR count). The van der Waals surface area contributed by atoms with E-state index >= 15 is 0 Å². The van der Waals surface area contributed by atoms with Gasteiger partial charge in [-0.3, -0.25) is 4.98 Å². The molecule has 0 bridgehead atoms. The van der Waals surface area contributed by atoms with E-state index in [1.54, 1.807) is 26.1 Å². The third kappa shape index (κ3) is 4.77. The summed E-state index contributed by atoms with van der Waals surface area (Å²) < 4.78 is 67.6. The van der Waals surface area contributed by atoms with Crippen LogP contribution in [0.2, 0.25) is 0 Å². The summed E-state index contributed by atoms with van der Waals surface area (Å²) in [5, 5.41) is 0.958. The highest BCUT2D eigenvalue weighted by molar-refractivity contribution is 7.89. The molecule has 1 heterocycles. The van der Waals surface area contributed by atoms with Gasteiger partial charge in [0.25, 0.3) is 0 Å². The van der Waals surface area contributed by atoms with Crippen molar-refractivity contribution >= 4 is 20.9 Å². The van der Waals surface area contributed by atoms with Crippen LogP contribution < -0.4 is 4.72 Å². The number of rotatable bonds is 5. The molecule has 0 aliphatic rings. The minimum Gasteiger partial charge on any atom is -0.256 e. The molecule has 0 amide bonds. The van der Waals surface area contributed by atoms with Crippen LogP contribution >= 0.6 is 0 Å². The Morgan fingerprint density at radius 3 is 2.27 bits per heavy atom. The quantitative estimate of drug-likeness (QED) is 0.382. The molecule has 0 atom stereocenters. The van der Waals surface area contributed by atoms with Gasteiger partial charge in [-0.15, -0.1) is 0 Å². The van der Waals surface area contributed by atoms with Crippen LogP contribution in [0.25, 0.3) is 22.0 Å². The number of alkyl halides is 3. The van der Waals surface area contributed by atoms with Crippen LogP contribution in [-0.4, -0.2) is 13.4 Å². The Bertz CT molecular complexity index is 1430. The maximum atomic E-state index is 13.1. The molecule has 1 N–H and O–H groups in total. The van der Waals surface area contributed by atoms with Gasteiger partial charge in [0, 0.05) is 11.6 Å². The minimum atomic E-state index is -4.64. The third-order valence-corrected chi connectivity index (χ3v) is 7.06. The zero-order valence-corrected chi connectivity index (χ0v) is 18.7. The number of sulfonamides is 1. The predicted molar refractivity (Wildman–Crippen MR) is 122 cm³/mol. The summed E-state index contributed by atoms with van der Waals surface area (Å²) >= 11 is 0. The monoisotopic (exact) mass is 470 g/mol. The molecule has 0 spiro atoms. The number of benzene rings is 3. The van der Waals surface area contributed by atoms with Crippen LogP contribution in [0.1, 0.15) is 25.0 Å². The fourth-order valence-corrected chi connectivity index (χ4v) is 5.16. The highest BCUT2D eigenvalue weighted by Gasteiger charge is 2.33. The molecule has 0 unspecified atom stereocenters. The van der Waals surface area contributed by atoms with E-state index in [-0.39, 0.29) is 0 Å². The zero-order chi connectivity index (χ0) is 23.9. The number of nitrogens with zero attached hydrogens (tertiary/aromatic N) is 1. The first-order valence-electron chi connectivity index (χ1n) is 10.1. The van der Waals surface area contributed by atoms with Crippen LogP contribution in [0.5, 0.6) is 0 Å². The second-order valence-electron chi connectivity index (χ2n) is 8.21. The van der Waals surface area contributed by atoms with Crippen LogP contribution in [0.4, 0.5) is 13.2 Å². The lowest BCUT2D eigenvalue weighted by Gasteiger charge is -2.27. The Morgan fingerprint density at radius 1 is 0.818 bits per heavy atom. The van der Waals surface area contributed by atoms with E-state index in [4.69, 9.17) is 0 Å². The molecule has 1 aromatic heterocycles. The van der Waals surface area contributed by atoms with E-state index in [0.29, 0.717) is 11.6 Å². The normalized spacial score (nSPS) is 12.8. The summed E-state index contributed by atoms with van der Waals surface area (Å²) in [6.45, 7) is 3.34. The van der Waals surface area contributed by atoms with Gasteiger partial charge in [-0.25, -0.2) is 13.1 Å². The molecule has 0 aliphatic heterocycles. The number of nitrogens with one attached hydrogen (secondary N) is 1. The second kappa shape index (κ2) is 8.28. The molecule has 3 aromatic carbocycles. The van der Waals surface area contributed by atoms with Crippen molar-refractivity contribution < 1.29 is 21.6 Å². The topological polar surface area (TPSA) is 59.1 Å². The molecule has 4 nitrogen and oxygen atoms in total. The summed E-state index contributed by atoms with van der Waals surface area (Å²) in [5.41, 5.74) is 1.21. The number of hydrogen-bond acceptors (Lipinski definition) is 3. The lowest BCUT2D eigenvalue weighted by molar-refractivity contribution is -0.137. The first-order chi connectivity index (χ1) is 15.5. The smallest absolute Gasteiger partial charge is 0.256 e. The summed E-state index contributed by atoms with van der Waals surface area (Å²) in [6.07, 6.45) is -2.92. The van der Waals surface area contributed by atoms with Gasteiger partial charge >= 0.3 is 6.18 Å². The minimum absolute atomic E-state index is 0.443. The Labute approximate surface area is 190 Å². The van der Waals surface area contributed by atoms with Crippen LogP contribution in [0.15, 0.2) is 90.0 Å². The average Bonchev–Trinajstić information content (AvgIpc) is 2.78. The van der Waals surface area contributed by atoms with Gasteiger partial charge in [0.1, 0.15) is 0 Å². The van der Waals surface area contributed by atoms with E-state index in [1.165, 1.54) is 0 Å². The molecule has 0 saturated carbocycles. The first kappa shape index (κ1) is 22.9. The highest BCUT2D eigenvalue weighted by atomic mass is 32.2. The van der Waals surface area contributed by atoms with Crippen LogP contribution in [0, 0.1) is 0 Å². The fraction of sp³-hybridized carbons (Fsp3) is 0.160. The Kier molecular flexibility index (Phi) is 5.76. The lowest BCUT2D eigenvalue weighted by atomic mass is 9.91. The van der Waals surface area contributed by atoms with Gasteiger partial charge in [-0.05, 0) is 66.9 Å². The van der Waals surface area contributed by atoms with Gasteiger partial charge < -0.3 is 0 Å². The summed E-state index contributed by atoms with van der Waals surface area (Å²) in [6, 6.07) is 20.7. The van der Waals surface area contributed by atoms with Crippen molar-refractivity contribution in [1.29, 1.82) is 0 Å². The standard InChI is InChI=1S/C25H21F3N2O2S/c1-24(2,30-33(31,32)20-10-6-9-19(16-20)25(26,27)28)18-8-5-7-17(15-18)21-13-14-29-23-12-4-3-11-22(21)23/h3-16,30H,1-2H3. The van der Waals surface area contributed by atoms with Crippen molar-refractivity contribution in [2.24, 2.45) is 0 Å². The van der Waals surface area contributed by atoms with Crippen molar-refractivity contribution in [2.45, 2.75) is 30.5 Å². The summed E-state index contributed by atoms with van der Waals surface area (Å²) in [7, 11) is -4.22. The van der Waals surface area contributed by atoms with E-state index in [1.807, 2.05) is 48.5 Å². The number of aromatic nitrogens is 1. The van der Waals surface area contributed by atoms with E-state index < -0.39 is 32.2 Å². The Balaban J connectivity index is 1.70. The number of hydrogen-bond donors (Lipinski definition) is 1. The van der Waals surface area contributed by atoms with Crippen molar-refractivity contribution in [1.82, 2.24) is 9.71 Å². The molecule has 170 valence electrons. The number of para-hydroxylation sites is 1. The van der Waals surface area contributed by atoms with Gasteiger partial charge in [-0.1, -0.05) is 42.5 Å². The van der Waals surface area contributed by atoms with E-state index in [2.05, 4.69) is 9.71 Å². The molecule has 0 fully saturated rings. The SMILES string of the molecule is CC(C)(NS(=O)(=O)c1cccc(C(F)(F)F)c1)c1cccc(-c2ccnc3ccccc23)c1. The molecular formula is C25H21F3N2O2S. The van der Waals surface area contributed by atoms with Gasteiger partial charge in [0.05, 0.1) is 21.5 Å². The molecule has 0 saturated heterocycles. The first-order valence-corrected chi connectivity index (χ1v) is 11.6. The second-order valence-corrected chi connectivity index (χ2v) is 9.89. The van der Waals surface area contributed by atoms with Crippen molar-refractivity contribution in [3.8, 4) is 11.1 Å². The molecule has 4 aromatic rings. The maximum absolute atomic E-state index is 13.1. The van der Waals surface area contributed by atoms with E-state index in [9.17, 15) is 21.6 Å². The Morgan fingerprint density at radius 2 is 1.52 bits per heavy atom. The summed E-state index contributed by atoms with van der Waals surface area (Å²) in [4.78, 5) is 3.93. The third-order valence-electron chi connectivity index (χ3n) is 5.41. The van der Waals surface area contributed by atoms with Gasteiger partial charge in [0.15, 0.2) is 0 Å². The van der Waals surface area contributed by atoms with Gasteiger partial charge in [0.2, 0.25) is 10.0 Å². The average molecular weight is 471 g/mol. The lowest BCUT2D eigenvalue weighted by Crippen LogP contribution is -2.41. The van der Waals surface area contributed by atoms with Crippen LogP contribution in [0.3, 0.4) is 0 Å². The van der Waals surface area contributed by atoms with Crippen molar-refractivity contribution in [2.75, 3.05) is 0 Å². The number of pyridine rings is 1. The largest absolute Gasteiger partial charge is 0.416 e. The Hall–Kier alpha value is -3.23. The maximum Gasteiger partial charge on any atom is 0.416 e. The fourth-order valence-electron chi connectivity index (χ4n) is 3.72. The summed E-state index contributed by atoms with van der Waals surface area (Å²) in [5.74, 6) is 0. The molecule has 0 aliphatic carbocycles. The molecular weight excluding hydrogens is 449 g/mol.